The van der Waals surface area contributed by atoms with E-state index in [9.17, 15) is 28.8 Å². The average molecular weight is 554 g/mol. The van der Waals surface area contributed by atoms with Gasteiger partial charge in [-0.3, -0.25) is 13.5 Å². The summed E-state index contributed by atoms with van der Waals surface area (Å²) in [6.45, 7) is -0.941. The third-order valence-electron chi connectivity index (χ3n) is 4.38. The zero-order valence-electron chi connectivity index (χ0n) is 16.9. The second-order valence-corrected chi connectivity index (χ2v) is 11.1. The van der Waals surface area contributed by atoms with E-state index in [-0.39, 0.29) is 35.2 Å². The van der Waals surface area contributed by atoms with Crippen LogP contribution in [-0.4, -0.2) is 108 Å². The third kappa shape index (κ3) is 6.02. The number of phosphoric acid groups is 3. The molecule has 22 heteroatoms. The molecule has 1 saturated heterocycles. The van der Waals surface area contributed by atoms with Crippen LogP contribution in [0.1, 0.15) is 6.23 Å². The SMILES string of the molecule is O=P(O)(O)OP(=O)(O)OP(=O)(O)OCC1OC(n2cnc3c2ncn2ccnc32)C(O)C1O.[Na]. The Morgan fingerprint density at radius 1 is 0.941 bits per heavy atom. The smallest absolute Gasteiger partial charge is 0.387 e. The number of rotatable bonds is 8. The predicted octanol–water partition coefficient (Wildman–Crippen LogP) is -1.34. The topological polar surface area (TPSA) is 258 Å². The summed E-state index contributed by atoms with van der Waals surface area (Å²) < 4.78 is 53.9. The zero-order valence-corrected chi connectivity index (χ0v) is 21.6. The first-order chi connectivity index (χ1) is 15.3. The van der Waals surface area contributed by atoms with Crippen LogP contribution in [0.15, 0.2) is 25.0 Å². The Hall–Kier alpha value is -0.620. The molecule has 1 aliphatic rings. The average Bonchev–Trinajstić information content (AvgIpc) is 3.35. The van der Waals surface area contributed by atoms with Gasteiger partial charge in [0, 0.05) is 42.0 Å². The molecule has 4 heterocycles. The molecule has 6 atom stereocenters. The van der Waals surface area contributed by atoms with Crippen molar-refractivity contribution in [2.24, 2.45) is 0 Å². The van der Waals surface area contributed by atoms with E-state index in [2.05, 4.69) is 28.1 Å². The van der Waals surface area contributed by atoms with E-state index in [0.717, 1.165) is 0 Å². The van der Waals surface area contributed by atoms with Crippen LogP contribution in [0.4, 0.5) is 0 Å². The monoisotopic (exact) mass is 554 g/mol. The number of nitrogens with zero attached hydrogens (tertiary/aromatic N) is 5. The fourth-order valence-corrected chi connectivity index (χ4v) is 6.13. The Morgan fingerprint density at radius 2 is 1.65 bits per heavy atom. The summed E-state index contributed by atoms with van der Waals surface area (Å²) in [6.07, 6.45) is -0.0505. The van der Waals surface area contributed by atoms with Crippen molar-refractivity contribution in [3.8, 4) is 0 Å². The number of aromatic nitrogens is 5. The molecule has 183 valence electrons. The first kappa shape index (κ1) is 28.0. The zero-order chi connectivity index (χ0) is 24.2. The Kier molecular flexibility index (Phi) is 8.25. The molecule has 0 aromatic carbocycles. The normalized spacial score (nSPS) is 26.9. The maximum absolute atomic E-state index is 11.9. The maximum atomic E-state index is 11.9. The van der Waals surface area contributed by atoms with Crippen molar-refractivity contribution >= 4 is 69.8 Å². The molecular weight excluding hydrogens is 538 g/mol. The van der Waals surface area contributed by atoms with Crippen molar-refractivity contribution in [3.05, 3.63) is 25.0 Å². The van der Waals surface area contributed by atoms with Crippen LogP contribution in [0.5, 0.6) is 0 Å². The maximum Gasteiger partial charge on any atom is 0.490 e. The minimum atomic E-state index is -5.70. The van der Waals surface area contributed by atoms with Crippen molar-refractivity contribution < 1.29 is 61.4 Å². The summed E-state index contributed by atoms with van der Waals surface area (Å²) >= 11 is 0. The molecule has 4 rings (SSSR count). The fraction of sp³-hybridized carbons (Fsp3) is 0.417. The molecule has 0 amide bonds. The summed E-state index contributed by atoms with van der Waals surface area (Å²) in [7, 11) is -16.7. The van der Waals surface area contributed by atoms with Crippen molar-refractivity contribution in [1.29, 1.82) is 0 Å². The number of hydrogen-bond acceptors (Lipinski definition) is 12. The van der Waals surface area contributed by atoms with Gasteiger partial charge >= 0.3 is 23.5 Å². The van der Waals surface area contributed by atoms with E-state index in [1.165, 1.54) is 23.4 Å². The summed E-state index contributed by atoms with van der Waals surface area (Å²) in [5, 5.41) is 20.6. The largest absolute Gasteiger partial charge is 0.490 e. The molecule has 0 bridgehead atoms. The van der Waals surface area contributed by atoms with Crippen LogP contribution < -0.4 is 0 Å². The van der Waals surface area contributed by atoms with Gasteiger partial charge in [0.25, 0.3) is 0 Å². The van der Waals surface area contributed by atoms with Gasteiger partial charge in [0.1, 0.15) is 24.6 Å². The molecular formula is C12H16N5NaO13P3. The molecule has 3 aromatic heterocycles. The molecule has 3 aromatic rings. The van der Waals surface area contributed by atoms with Gasteiger partial charge in [0.15, 0.2) is 23.0 Å². The third-order valence-corrected chi connectivity index (χ3v) is 8.18. The Labute approximate surface area is 210 Å². The van der Waals surface area contributed by atoms with Gasteiger partial charge in [0.2, 0.25) is 0 Å². The van der Waals surface area contributed by atoms with Gasteiger partial charge in [-0.1, -0.05) is 0 Å². The van der Waals surface area contributed by atoms with Gasteiger partial charge < -0.3 is 34.5 Å². The standard InChI is InChI=1S/C12H16N5O13P3.Na/c18-8-6(3-27-32(23,24)30-33(25,26)29-31(20,21)22)28-12(9(8)19)17-5-14-7-10-13-1-2-16(10)4-15-11(7)17;/h1-2,4-6,8-9,12,18-19H,3H2,(H,23,24)(H,25,26)(H2,20,21,22);. The van der Waals surface area contributed by atoms with E-state index in [0.29, 0.717) is 11.2 Å². The summed E-state index contributed by atoms with van der Waals surface area (Å²) in [5.74, 6) is 0. The molecule has 0 saturated carbocycles. The molecule has 1 aliphatic heterocycles. The van der Waals surface area contributed by atoms with E-state index >= 15 is 0 Å². The van der Waals surface area contributed by atoms with E-state index < -0.39 is 54.6 Å². The van der Waals surface area contributed by atoms with E-state index in [1.807, 2.05) is 0 Å². The summed E-state index contributed by atoms with van der Waals surface area (Å²) in [6, 6.07) is 0. The number of aliphatic hydroxyl groups excluding tert-OH is 2. The predicted molar refractivity (Wildman–Crippen MR) is 108 cm³/mol. The van der Waals surface area contributed by atoms with Gasteiger partial charge in [0.05, 0.1) is 12.9 Å². The number of imidazole rings is 2. The van der Waals surface area contributed by atoms with Crippen LogP contribution in [0.3, 0.4) is 0 Å². The van der Waals surface area contributed by atoms with E-state index in [4.69, 9.17) is 19.4 Å². The quantitative estimate of drug-likeness (QED) is 0.139. The van der Waals surface area contributed by atoms with Crippen LogP contribution >= 0.6 is 23.5 Å². The van der Waals surface area contributed by atoms with Crippen molar-refractivity contribution in [3.63, 3.8) is 0 Å². The molecule has 0 aliphatic carbocycles. The molecule has 1 fully saturated rings. The first-order valence-electron chi connectivity index (χ1n) is 8.70. The number of ether oxygens (including phenoxy) is 1. The molecule has 34 heavy (non-hydrogen) atoms. The van der Waals surface area contributed by atoms with Crippen molar-refractivity contribution in [2.45, 2.75) is 24.5 Å². The van der Waals surface area contributed by atoms with Crippen LogP contribution in [0.25, 0.3) is 16.8 Å². The van der Waals surface area contributed by atoms with Crippen molar-refractivity contribution in [2.75, 3.05) is 6.61 Å². The van der Waals surface area contributed by atoms with Crippen LogP contribution in [-0.2, 0) is 31.6 Å². The fourth-order valence-electron chi connectivity index (χ4n) is 3.10. The molecule has 0 spiro atoms. The minimum absolute atomic E-state index is 0. The number of hydrogen-bond donors (Lipinski definition) is 6. The number of phosphoric ester groups is 1. The Balaban J connectivity index is 0.00000324. The van der Waals surface area contributed by atoms with Gasteiger partial charge in [-0.25, -0.2) is 28.6 Å². The number of fused-ring (bicyclic) bond motifs is 3. The van der Waals surface area contributed by atoms with Gasteiger partial charge in [-0.15, -0.1) is 0 Å². The minimum Gasteiger partial charge on any atom is -0.387 e. The summed E-state index contributed by atoms with van der Waals surface area (Å²) in [4.78, 5) is 48.3. The molecule has 6 unspecified atom stereocenters. The second-order valence-electron chi connectivity index (χ2n) is 6.66. The van der Waals surface area contributed by atoms with Crippen LogP contribution in [0, 0.1) is 0 Å². The Morgan fingerprint density at radius 3 is 2.32 bits per heavy atom. The first-order valence-corrected chi connectivity index (χ1v) is 13.2. The van der Waals surface area contributed by atoms with Gasteiger partial charge in [-0.2, -0.15) is 8.62 Å². The molecule has 6 N–H and O–H groups in total. The van der Waals surface area contributed by atoms with E-state index in [1.54, 1.807) is 10.6 Å². The second kappa shape index (κ2) is 10.0. The van der Waals surface area contributed by atoms with Crippen LogP contribution in [0.2, 0.25) is 0 Å². The van der Waals surface area contributed by atoms with Gasteiger partial charge in [-0.05, 0) is 0 Å². The summed E-state index contributed by atoms with van der Waals surface area (Å²) in [5.41, 5.74) is 1.08. The number of aliphatic hydroxyl groups is 2. The Bertz CT molecular complexity index is 1330. The molecule has 18 nitrogen and oxygen atoms in total. The van der Waals surface area contributed by atoms with Crippen molar-refractivity contribution in [1.82, 2.24) is 23.9 Å². The molecule has 1 radical (unpaired) electrons.